The summed E-state index contributed by atoms with van der Waals surface area (Å²) in [4.78, 5) is 6.03. The summed E-state index contributed by atoms with van der Waals surface area (Å²) < 4.78 is 5.53. The van der Waals surface area contributed by atoms with Crippen LogP contribution in [-0.2, 0) is 18.3 Å². The number of aromatic nitrogens is 1. The maximum Gasteiger partial charge on any atom is 0.119 e. The first-order chi connectivity index (χ1) is 14.5. The molecule has 0 amide bonds. The molecule has 1 saturated heterocycles. The van der Waals surface area contributed by atoms with Crippen molar-refractivity contribution in [2.75, 3.05) is 26.7 Å². The molecule has 5 rings (SSSR count). The number of aliphatic hydroxyl groups is 1. The number of hydrogen-bond acceptors (Lipinski definition) is 3. The predicted molar refractivity (Wildman–Crippen MR) is 121 cm³/mol. The smallest absolute Gasteiger partial charge is 0.119 e. The van der Waals surface area contributed by atoms with Gasteiger partial charge in [0.2, 0.25) is 0 Å². The average Bonchev–Trinajstić information content (AvgIpc) is 3.09. The topological polar surface area (TPSA) is 48.5 Å². The normalized spacial score (nSPS) is 26.2. The number of nitrogens with zero attached hydrogens (tertiary/aromatic N) is 1. The van der Waals surface area contributed by atoms with E-state index in [-0.39, 0.29) is 5.41 Å². The summed E-state index contributed by atoms with van der Waals surface area (Å²) in [6.07, 6.45) is 4.30. The Balaban J connectivity index is 1.70. The van der Waals surface area contributed by atoms with Crippen molar-refractivity contribution < 1.29 is 9.84 Å². The Morgan fingerprint density at radius 2 is 2.07 bits per heavy atom. The number of fused-ring (bicyclic) bond motifs is 4. The van der Waals surface area contributed by atoms with Gasteiger partial charge in [-0.3, -0.25) is 4.90 Å². The van der Waals surface area contributed by atoms with Gasteiger partial charge in [-0.2, -0.15) is 0 Å². The standard InChI is InChI=1S/C26H30N2O2/c1-4-12-28-13-11-25(19-8-6-9-20(14-19)30-3)16-23-21(15-26(25,29)17-28)24-18(2)7-5-10-22(24)27-23/h4-10,14,27,29H,1,11-13,15-17H2,2-3H3/t25-,26-/m0/s1. The SMILES string of the molecule is C=CCN1CC[C@@]2(c3cccc(OC)c3)Cc3[nH]c4cccc(C)c4c3C[C@]2(O)C1. The van der Waals surface area contributed by atoms with Crippen LogP contribution in [0.2, 0.25) is 0 Å². The number of nitrogens with one attached hydrogen (secondary N) is 1. The maximum absolute atomic E-state index is 12.3. The van der Waals surface area contributed by atoms with Gasteiger partial charge in [0.05, 0.1) is 12.7 Å². The van der Waals surface area contributed by atoms with Gasteiger partial charge < -0.3 is 14.8 Å². The van der Waals surface area contributed by atoms with Crippen molar-refractivity contribution in [2.24, 2.45) is 0 Å². The molecule has 3 aromatic rings. The first kappa shape index (κ1) is 19.4. The van der Waals surface area contributed by atoms with Gasteiger partial charge in [0.25, 0.3) is 0 Å². The van der Waals surface area contributed by atoms with Gasteiger partial charge in [0.15, 0.2) is 0 Å². The maximum atomic E-state index is 12.3. The van der Waals surface area contributed by atoms with E-state index in [2.05, 4.69) is 53.7 Å². The molecule has 4 heteroatoms. The summed E-state index contributed by atoms with van der Waals surface area (Å²) in [5.74, 6) is 0.844. The zero-order chi connectivity index (χ0) is 20.9. The molecule has 0 radical (unpaired) electrons. The highest BCUT2D eigenvalue weighted by Gasteiger charge is 2.57. The monoisotopic (exact) mass is 402 g/mol. The fourth-order valence-corrected chi connectivity index (χ4v) is 5.94. The molecule has 2 aromatic carbocycles. The van der Waals surface area contributed by atoms with Crippen molar-refractivity contribution in [1.82, 2.24) is 9.88 Å². The summed E-state index contributed by atoms with van der Waals surface area (Å²) in [5.41, 5.74) is 4.95. The largest absolute Gasteiger partial charge is 0.497 e. The molecule has 30 heavy (non-hydrogen) atoms. The fraction of sp³-hybridized carbons (Fsp3) is 0.385. The molecule has 0 bridgehead atoms. The van der Waals surface area contributed by atoms with E-state index < -0.39 is 5.60 Å². The zero-order valence-electron chi connectivity index (χ0n) is 17.9. The van der Waals surface area contributed by atoms with Gasteiger partial charge in [0.1, 0.15) is 5.75 Å². The molecule has 156 valence electrons. The third-order valence-corrected chi connectivity index (χ3v) is 7.41. The van der Waals surface area contributed by atoms with Crippen LogP contribution in [0.4, 0.5) is 0 Å². The van der Waals surface area contributed by atoms with E-state index in [0.717, 1.165) is 31.7 Å². The molecule has 0 unspecified atom stereocenters. The number of piperidine rings is 1. The van der Waals surface area contributed by atoms with Crippen LogP contribution < -0.4 is 4.74 Å². The third kappa shape index (κ3) is 2.74. The molecule has 2 N–H and O–H groups in total. The lowest BCUT2D eigenvalue weighted by Crippen LogP contribution is -2.66. The van der Waals surface area contributed by atoms with Crippen molar-refractivity contribution in [3.8, 4) is 5.75 Å². The highest BCUT2D eigenvalue weighted by molar-refractivity contribution is 5.88. The lowest BCUT2D eigenvalue weighted by atomic mass is 9.56. The minimum Gasteiger partial charge on any atom is -0.497 e. The van der Waals surface area contributed by atoms with Gasteiger partial charge in [0, 0.05) is 47.9 Å². The number of methoxy groups -OCH3 is 1. The second-order valence-electron chi connectivity index (χ2n) is 9.05. The molecule has 2 heterocycles. The average molecular weight is 403 g/mol. The van der Waals surface area contributed by atoms with Crippen molar-refractivity contribution in [3.05, 3.63) is 77.5 Å². The Bertz CT molecular complexity index is 1120. The highest BCUT2D eigenvalue weighted by Crippen LogP contribution is 2.52. The predicted octanol–water partition coefficient (Wildman–Crippen LogP) is 4.14. The van der Waals surface area contributed by atoms with Gasteiger partial charge in [-0.25, -0.2) is 0 Å². The number of benzene rings is 2. The first-order valence-corrected chi connectivity index (χ1v) is 10.8. The van der Waals surface area contributed by atoms with Crippen molar-refractivity contribution >= 4 is 10.9 Å². The van der Waals surface area contributed by atoms with E-state index in [1.54, 1.807) is 7.11 Å². The van der Waals surface area contributed by atoms with Gasteiger partial charge in [-0.05, 0) is 54.8 Å². The first-order valence-electron chi connectivity index (χ1n) is 10.8. The summed E-state index contributed by atoms with van der Waals surface area (Å²) in [5, 5.41) is 13.6. The summed E-state index contributed by atoms with van der Waals surface area (Å²) >= 11 is 0. The molecular formula is C26H30N2O2. The summed E-state index contributed by atoms with van der Waals surface area (Å²) in [7, 11) is 1.70. The number of H-pyrrole nitrogens is 1. The Kier molecular flexibility index (Phi) is 4.53. The van der Waals surface area contributed by atoms with Crippen LogP contribution in [0.25, 0.3) is 10.9 Å². The molecule has 0 spiro atoms. The number of rotatable bonds is 4. The summed E-state index contributed by atoms with van der Waals surface area (Å²) in [6, 6.07) is 14.7. The second-order valence-corrected chi connectivity index (χ2v) is 9.05. The number of β-amino-alcohol motifs (C(OH)–C–C–N with tert-alkyl or cyclic N) is 1. The van der Waals surface area contributed by atoms with Gasteiger partial charge >= 0.3 is 0 Å². The van der Waals surface area contributed by atoms with Crippen LogP contribution in [0.3, 0.4) is 0 Å². The Hall–Kier alpha value is -2.56. The number of hydrogen-bond donors (Lipinski definition) is 2. The second kappa shape index (κ2) is 7.00. The minimum atomic E-state index is -0.856. The molecule has 1 fully saturated rings. The Morgan fingerprint density at radius 3 is 2.87 bits per heavy atom. The van der Waals surface area contributed by atoms with E-state index in [9.17, 15) is 5.11 Å². The highest BCUT2D eigenvalue weighted by atomic mass is 16.5. The van der Waals surface area contributed by atoms with E-state index in [0.29, 0.717) is 13.0 Å². The van der Waals surface area contributed by atoms with E-state index >= 15 is 0 Å². The van der Waals surface area contributed by atoms with Crippen LogP contribution >= 0.6 is 0 Å². The van der Waals surface area contributed by atoms with E-state index in [1.807, 2.05) is 18.2 Å². The Morgan fingerprint density at radius 1 is 1.23 bits per heavy atom. The minimum absolute atomic E-state index is 0.346. The van der Waals surface area contributed by atoms with E-state index in [4.69, 9.17) is 4.74 Å². The number of ether oxygens (including phenoxy) is 1. The van der Waals surface area contributed by atoms with Gasteiger partial charge in [-0.1, -0.05) is 30.3 Å². The molecule has 1 aliphatic carbocycles. The number of aryl methyl sites for hydroxylation is 1. The van der Waals surface area contributed by atoms with Crippen LogP contribution in [0.1, 0.15) is 28.8 Å². The van der Waals surface area contributed by atoms with Crippen molar-refractivity contribution in [2.45, 2.75) is 37.2 Å². The molecule has 2 aliphatic rings. The van der Waals surface area contributed by atoms with Crippen molar-refractivity contribution in [1.29, 1.82) is 0 Å². The molecular weight excluding hydrogens is 372 g/mol. The van der Waals surface area contributed by atoms with Crippen molar-refractivity contribution in [3.63, 3.8) is 0 Å². The fourth-order valence-electron chi connectivity index (χ4n) is 5.94. The molecule has 0 saturated carbocycles. The molecule has 1 aliphatic heterocycles. The molecule has 4 nitrogen and oxygen atoms in total. The van der Waals surface area contributed by atoms with Crippen LogP contribution in [0, 0.1) is 6.92 Å². The third-order valence-electron chi connectivity index (χ3n) is 7.41. The molecule has 2 atom stereocenters. The van der Waals surface area contributed by atoms with E-state index in [1.165, 1.54) is 33.3 Å². The quantitative estimate of drug-likeness (QED) is 0.645. The number of likely N-dealkylation sites (tertiary alicyclic amines) is 1. The van der Waals surface area contributed by atoms with Gasteiger partial charge in [-0.15, -0.1) is 6.58 Å². The van der Waals surface area contributed by atoms with Crippen LogP contribution in [0.5, 0.6) is 5.75 Å². The van der Waals surface area contributed by atoms with Crippen LogP contribution in [0.15, 0.2) is 55.1 Å². The molecule has 1 aromatic heterocycles. The number of aromatic amines is 1. The zero-order valence-corrected chi connectivity index (χ0v) is 17.9. The lowest BCUT2D eigenvalue weighted by molar-refractivity contribution is -0.100. The summed E-state index contributed by atoms with van der Waals surface area (Å²) in [6.45, 7) is 8.47. The Labute approximate surface area is 178 Å². The lowest BCUT2D eigenvalue weighted by Gasteiger charge is -2.56. The van der Waals surface area contributed by atoms with Crippen LogP contribution in [-0.4, -0.2) is 47.3 Å².